The molecule has 1 aromatic heterocycles. The van der Waals surface area contributed by atoms with Gasteiger partial charge in [-0.25, -0.2) is 4.98 Å². The number of aromatic nitrogens is 1. The van der Waals surface area contributed by atoms with Crippen LogP contribution in [0.2, 0.25) is 0 Å². The molecule has 1 fully saturated rings. The number of amides is 1. The van der Waals surface area contributed by atoms with Gasteiger partial charge >= 0.3 is 0 Å². The van der Waals surface area contributed by atoms with Crippen LogP contribution in [0.5, 0.6) is 0 Å². The molecule has 0 aliphatic heterocycles. The van der Waals surface area contributed by atoms with Gasteiger partial charge in [0.1, 0.15) is 10.7 Å². The van der Waals surface area contributed by atoms with E-state index in [4.69, 9.17) is 11.5 Å². The predicted octanol–water partition coefficient (Wildman–Crippen LogP) is 1.24. The van der Waals surface area contributed by atoms with Crippen molar-refractivity contribution in [3.8, 4) is 0 Å². The van der Waals surface area contributed by atoms with E-state index in [1.807, 2.05) is 0 Å². The summed E-state index contributed by atoms with van der Waals surface area (Å²) >= 11 is 1.42. The van der Waals surface area contributed by atoms with E-state index in [0.29, 0.717) is 24.7 Å². The first-order valence-electron chi connectivity index (χ1n) is 6.90. The third-order valence-corrected chi connectivity index (χ3v) is 4.62. The van der Waals surface area contributed by atoms with Gasteiger partial charge in [0.15, 0.2) is 0 Å². The number of thiazole rings is 1. The molecule has 5 nitrogen and oxygen atoms in total. The van der Waals surface area contributed by atoms with Gasteiger partial charge in [-0.05, 0) is 18.8 Å². The zero-order valence-electron chi connectivity index (χ0n) is 11.1. The van der Waals surface area contributed by atoms with Gasteiger partial charge in [-0.3, -0.25) is 4.79 Å². The van der Waals surface area contributed by atoms with Crippen LogP contribution in [0.25, 0.3) is 0 Å². The molecule has 0 saturated heterocycles. The summed E-state index contributed by atoms with van der Waals surface area (Å²) < 4.78 is 0. The number of carbonyl (C=O) groups is 1. The molecule has 1 saturated carbocycles. The molecule has 0 spiro atoms. The molecule has 0 bridgehead atoms. The van der Waals surface area contributed by atoms with E-state index in [1.54, 1.807) is 5.38 Å². The van der Waals surface area contributed by atoms with Gasteiger partial charge in [-0.1, -0.05) is 19.3 Å². The van der Waals surface area contributed by atoms with Gasteiger partial charge < -0.3 is 16.8 Å². The van der Waals surface area contributed by atoms with Crippen molar-refractivity contribution in [2.45, 2.75) is 44.7 Å². The molecule has 0 radical (unpaired) electrons. The zero-order valence-corrected chi connectivity index (χ0v) is 11.9. The van der Waals surface area contributed by atoms with Crippen molar-refractivity contribution in [2.24, 2.45) is 17.4 Å². The highest BCUT2D eigenvalue weighted by molar-refractivity contribution is 7.09. The summed E-state index contributed by atoms with van der Waals surface area (Å²) in [6.45, 7) is 0.866. The molecule has 1 aromatic rings. The molecule has 1 aliphatic carbocycles. The van der Waals surface area contributed by atoms with Gasteiger partial charge in [0.25, 0.3) is 5.91 Å². The van der Waals surface area contributed by atoms with Gasteiger partial charge in [-0.15, -0.1) is 11.3 Å². The molecule has 1 aliphatic rings. The Hall–Kier alpha value is -0.980. The summed E-state index contributed by atoms with van der Waals surface area (Å²) in [5, 5.41) is 5.57. The minimum atomic E-state index is -0.128. The molecule has 5 N–H and O–H groups in total. The van der Waals surface area contributed by atoms with Gasteiger partial charge in [0, 0.05) is 24.5 Å². The summed E-state index contributed by atoms with van der Waals surface area (Å²) in [4.78, 5) is 16.3. The Bertz CT molecular complexity index is 415. The lowest BCUT2D eigenvalue weighted by Crippen LogP contribution is -2.46. The lowest BCUT2D eigenvalue weighted by atomic mass is 9.84. The van der Waals surface area contributed by atoms with Crippen molar-refractivity contribution >= 4 is 17.2 Å². The number of nitrogens with one attached hydrogen (secondary N) is 1. The first kappa shape index (κ1) is 14.4. The van der Waals surface area contributed by atoms with E-state index in [1.165, 1.54) is 30.6 Å². The Morgan fingerprint density at radius 3 is 2.74 bits per heavy atom. The van der Waals surface area contributed by atoms with Crippen LogP contribution in [0.1, 0.15) is 47.6 Å². The lowest BCUT2D eigenvalue weighted by molar-refractivity contribution is 0.0911. The fraction of sp³-hybridized carbons (Fsp3) is 0.692. The van der Waals surface area contributed by atoms with Crippen molar-refractivity contribution in [1.82, 2.24) is 10.3 Å². The molecule has 106 valence electrons. The Labute approximate surface area is 117 Å². The number of hydrogen-bond donors (Lipinski definition) is 3. The van der Waals surface area contributed by atoms with Crippen LogP contribution < -0.4 is 16.8 Å². The number of hydrogen-bond acceptors (Lipinski definition) is 5. The lowest BCUT2D eigenvalue weighted by Gasteiger charge is -2.29. The fourth-order valence-electron chi connectivity index (χ4n) is 2.66. The third kappa shape index (κ3) is 3.75. The Morgan fingerprint density at radius 2 is 2.16 bits per heavy atom. The molecule has 1 amide bonds. The zero-order chi connectivity index (χ0) is 13.7. The standard InChI is InChI=1S/C13H22N4OS/c14-6-10(9-4-2-1-3-5-9)17-13(18)11-8-19-12(7-15)16-11/h8-10H,1-7,14-15H2,(H,17,18). The summed E-state index contributed by atoms with van der Waals surface area (Å²) in [5.74, 6) is 0.382. The Morgan fingerprint density at radius 1 is 1.42 bits per heavy atom. The SMILES string of the molecule is NCc1nc(C(=O)NC(CN)C2CCCCC2)cs1. The van der Waals surface area contributed by atoms with Crippen molar-refractivity contribution < 1.29 is 4.79 Å². The first-order valence-corrected chi connectivity index (χ1v) is 7.78. The predicted molar refractivity (Wildman–Crippen MR) is 76.9 cm³/mol. The van der Waals surface area contributed by atoms with Crippen LogP contribution in [0.4, 0.5) is 0 Å². The quantitative estimate of drug-likeness (QED) is 0.757. The molecule has 0 aromatic carbocycles. The van der Waals surface area contributed by atoms with Crippen LogP contribution in [-0.4, -0.2) is 23.5 Å². The minimum absolute atomic E-state index is 0.0656. The molecule has 1 heterocycles. The first-order chi connectivity index (χ1) is 9.24. The second kappa shape index (κ2) is 6.98. The molecule has 2 rings (SSSR count). The topological polar surface area (TPSA) is 94.0 Å². The molecular weight excluding hydrogens is 260 g/mol. The van der Waals surface area contributed by atoms with Gasteiger partial charge in [-0.2, -0.15) is 0 Å². The average molecular weight is 282 g/mol. The average Bonchev–Trinajstić information content (AvgIpc) is 2.94. The molecular formula is C13H22N4OS. The third-order valence-electron chi connectivity index (χ3n) is 3.75. The Kier molecular flexibility index (Phi) is 5.30. The normalized spacial score (nSPS) is 18.2. The number of nitrogens with zero attached hydrogens (tertiary/aromatic N) is 1. The monoisotopic (exact) mass is 282 g/mol. The highest BCUT2D eigenvalue weighted by Crippen LogP contribution is 2.26. The second-order valence-corrected chi connectivity index (χ2v) is 5.99. The molecule has 1 atom stereocenters. The van der Waals surface area contributed by atoms with Crippen LogP contribution >= 0.6 is 11.3 Å². The molecule has 6 heteroatoms. The van der Waals surface area contributed by atoms with Gasteiger partial charge in [0.05, 0.1) is 0 Å². The summed E-state index contributed by atoms with van der Waals surface area (Å²) in [6, 6.07) is 0.0656. The van der Waals surface area contributed by atoms with Crippen molar-refractivity contribution in [1.29, 1.82) is 0 Å². The maximum Gasteiger partial charge on any atom is 0.271 e. The van der Waals surface area contributed by atoms with E-state index in [9.17, 15) is 4.79 Å². The number of rotatable bonds is 5. The van der Waals surface area contributed by atoms with E-state index >= 15 is 0 Å². The van der Waals surface area contributed by atoms with Crippen LogP contribution in [0, 0.1) is 5.92 Å². The van der Waals surface area contributed by atoms with E-state index < -0.39 is 0 Å². The van der Waals surface area contributed by atoms with E-state index in [0.717, 1.165) is 17.8 Å². The summed E-state index contributed by atoms with van der Waals surface area (Å²) in [6.07, 6.45) is 6.10. The summed E-state index contributed by atoms with van der Waals surface area (Å²) in [7, 11) is 0. The van der Waals surface area contributed by atoms with Crippen molar-refractivity contribution in [3.05, 3.63) is 16.1 Å². The second-order valence-electron chi connectivity index (χ2n) is 5.04. The number of nitrogens with two attached hydrogens (primary N) is 2. The van der Waals surface area contributed by atoms with Crippen LogP contribution in [-0.2, 0) is 6.54 Å². The highest BCUT2D eigenvalue weighted by atomic mass is 32.1. The smallest absolute Gasteiger partial charge is 0.271 e. The van der Waals surface area contributed by atoms with Crippen molar-refractivity contribution in [3.63, 3.8) is 0 Å². The van der Waals surface area contributed by atoms with E-state index in [-0.39, 0.29) is 11.9 Å². The number of carbonyl (C=O) groups excluding carboxylic acids is 1. The fourth-order valence-corrected chi connectivity index (χ4v) is 3.31. The minimum Gasteiger partial charge on any atom is -0.346 e. The van der Waals surface area contributed by atoms with E-state index in [2.05, 4.69) is 10.3 Å². The Balaban J connectivity index is 1.95. The molecule has 1 unspecified atom stereocenters. The maximum atomic E-state index is 12.1. The largest absolute Gasteiger partial charge is 0.346 e. The summed E-state index contributed by atoms with van der Waals surface area (Å²) in [5.41, 5.74) is 11.8. The van der Waals surface area contributed by atoms with Crippen LogP contribution in [0.15, 0.2) is 5.38 Å². The van der Waals surface area contributed by atoms with Crippen molar-refractivity contribution in [2.75, 3.05) is 6.54 Å². The molecule has 19 heavy (non-hydrogen) atoms. The van der Waals surface area contributed by atoms with Crippen LogP contribution in [0.3, 0.4) is 0 Å². The maximum absolute atomic E-state index is 12.1. The van der Waals surface area contributed by atoms with Gasteiger partial charge in [0.2, 0.25) is 0 Å². The highest BCUT2D eigenvalue weighted by Gasteiger charge is 2.24.